The van der Waals surface area contributed by atoms with Crippen molar-refractivity contribution in [2.75, 3.05) is 26.2 Å². The standard InChI is InChI=1S/C13H23N3O/c14-11-2-1-10(9-11)13(17)16-7-5-15(6-8-16)12-3-4-12/h10-12H,1-9,14H2. The fraction of sp³-hybridized carbons (Fsp3) is 0.923. The quantitative estimate of drug-likeness (QED) is 0.757. The van der Waals surface area contributed by atoms with Gasteiger partial charge in [-0.3, -0.25) is 9.69 Å². The van der Waals surface area contributed by atoms with Crippen LogP contribution < -0.4 is 5.73 Å². The van der Waals surface area contributed by atoms with Crippen LogP contribution in [0.1, 0.15) is 32.1 Å². The van der Waals surface area contributed by atoms with Crippen molar-refractivity contribution >= 4 is 5.91 Å². The number of rotatable bonds is 2. The largest absolute Gasteiger partial charge is 0.340 e. The Morgan fingerprint density at radius 2 is 1.71 bits per heavy atom. The summed E-state index contributed by atoms with van der Waals surface area (Å²) in [6.45, 7) is 4.02. The highest BCUT2D eigenvalue weighted by molar-refractivity contribution is 5.79. The van der Waals surface area contributed by atoms with Crippen LogP contribution in [-0.2, 0) is 4.79 Å². The summed E-state index contributed by atoms with van der Waals surface area (Å²) in [5, 5.41) is 0. The molecule has 0 aromatic rings. The molecule has 2 atom stereocenters. The third kappa shape index (κ3) is 2.47. The lowest BCUT2D eigenvalue weighted by molar-refractivity contribution is -0.137. The lowest BCUT2D eigenvalue weighted by atomic mass is 10.1. The van der Waals surface area contributed by atoms with Crippen LogP contribution in [0.2, 0.25) is 0 Å². The van der Waals surface area contributed by atoms with Gasteiger partial charge in [-0.15, -0.1) is 0 Å². The fourth-order valence-electron chi connectivity index (χ4n) is 3.25. The van der Waals surface area contributed by atoms with Crippen molar-refractivity contribution in [3.63, 3.8) is 0 Å². The van der Waals surface area contributed by atoms with E-state index in [1.807, 2.05) is 0 Å². The summed E-state index contributed by atoms with van der Waals surface area (Å²) in [5.41, 5.74) is 5.88. The second kappa shape index (κ2) is 4.58. The Hall–Kier alpha value is -0.610. The number of nitrogens with two attached hydrogens (primary N) is 1. The molecular formula is C13H23N3O. The summed E-state index contributed by atoms with van der Waals surface area (Å²) < 4.78 is 0. The van der Waals surface area contributed by atoms with Gasteiger partial charge in [-0.25, -0.2) is 0 Å². The number of carbonyl (C=O) groups excluding carboxylic acids is 1. The number of amides is 1. The van der Waals surface area contributed by atoms with Gasteiger partial charge in [0.25, 0.3) is 0 Å². The Kier molecular flexibility index (Phi) is 3.09. The third-order valence-corrected chi connectivity index (χ3v) is 4.51. The molecular weight excluding hydrogens is 214 g/mol. The number of piperazine rings is 1. The summed E-state index contributed by atoms with van der Waals surface area (Å²) in [5.74, 6) is 0.589. The van der Waals surface area contributed by atoms with Crippen molar-refractivity contribution < 1.29 is 4.79 Å². The number of nitrogens with zero attached hydrogens (tertiary/aromatic N) is 2. The van der Waals surface area contributed by atoms with E-state index < -0.39 is 0 Å². The minimum absolute atomic E-state index is 0.220. The first-order valence-electron chi connectivity index (χ1n) is 7.02. The molecule has 0 spiro atoms. The minimum Gasteiger partial charge on any atom is -0.340 e. The second-order valence-corrected chi connectivity index (χ2v) is 5.86. The van der Waals surface area contributed by atoms with Crippen molar-refractivity contribution in [3.05, 3.63) is 0 Å². The van der Waals surface area contributed by atoms with Gasteiger partial charge in [0.2, 0.25) is 5.91 Å². The van der Waals surface area contributed by atoms with Crippen LogP contribution in [0, 0.1) is 5.92 Å². The summed E-state index contributed by atoms with van der Waals surface area (Å²) in [7, 11) is 0. The Labute approximate surface area is 103 Å². The maximum absolute atomic E-state index is 12.3. The molecule has 2 N–H and O–H groups in total. The SMILES string of the molecule is NC1CCC(C(=O)N2CCN(C3CC3)CC2)C1. The highest BCUT2D eigenvalue weighted by Crippen LogP contribution is 2.29. The molecule has 17 heavy (non-hydrogen) atoms. The van der Waals surface area contributed by atoms with E-state index in [9.17, 15) is 4.79 Å². The van der Waals surface area contributed by atoms with Gasteiger partial charge in [0.1, 0.15) is 0 Å². The van der Waals surface area contributed by atoms with Gasteiger partial charge in [-0.05, 0) is 32.1 Å². The molecule has 0 aromatic carbocycles. The van der Waals surface area contributed by atoms with Crippen molar-refractivity contribution in [3.8, 4) is 0 Å². The monoisotopic (exact) mass is 237 g/mol. The highest BCUT2D eigenvalue weighted by Gasteiger charge is 2.35. The molecule has 0 aromatic heterocycles. The lowest BCUT2D eigenvalue weighted by Gasteiger charge is -2.36. The molecule has 1 saturated heterocycles. The average Bonchev–Trinajstić information content (AvgIpc) is 3.11. The van der Waals surface area contributed by atoms with E-state index in [1.165, 1.54) is 12.8 Å². The molecule has 2 unspecified atom stereocenters. The molecule has 2 aliphatic carbocycles. The minimum atomic E-state index is 0.220. The third-order valence-electron chi connectivity index (χ3n) is 4.51. The van der Waals surface area contributed by atoms with E-state index in [1.54, 1.807) is 0 Å². The molecule has 1 aliphatic heterocycles. The molecule has 1 amide bonds. The van der Waals surface area contributed by atoms with Crippen molar-refractivity contribution in [2.45, 2.75) is 44.2 Å². The Morgan fingerprint density at radius 1 is 1.00 bits per heavy atom. The zero-order valence-electron chi connectivity index (χ0n) is 10.5. The summed E-state index contributed by atoms with van der Waals surface area (Å²) in [6, 6.07) is 1.10. The van der Waals surface area contributed by atoms with Gasteiger partial charge in [0.05, 0.1) is 0 Å². The predicted molar refractivity (Wildman–Crippen MR) is 66.5 cm³/mol. The molecule has 3 aliphatic rings. The van der Waals surface area contributed by atoms with Gasteiger partial charge in [-0.2, -0.15) is 0 Å². The first-order chi connectivity index (χ1) is 8.24. The van der Waals surface area contributed by atoms with Crippen molar-refractivity contribution in [1.29, 1.82) is 0 Å². The van der Waals surface area contributed by atoms with E-state index in [4.69, 9.17) is 5.73 Å². The van der Waals surface area contributed by atoms with Crippen LogP contribution in [0.15, 0.2) is 0 Å². The molecule has 0 radical (unpaired) electrons. The first kappa shape index (κ1) is 11.5. The van der Waals surface area contributed by atoms with E-state index in [-0.39, 0.29) is 12.0 Å². The predicted octanol–water partition coefficient (Wildman–Crippen LogP) is 0.420. The molecule has 1 heterocycles. The van der Waals surface area contributed by atoms with Gasteiger partial charge < -0.3 is 10.6 Å². The summed E-state index contributed by atoms with van der Waals surface area (Å²) in [6.07, 6.45) is 5.67. The van der Waals surface area contributed by atoms with Crippen molar-refractivity contribution in [2.24, 2.45) is 11.7 Å². The average molecular weight is 237 g/mol. The lowest BCUT2D eigenvalue weighted by Crippen LogP contribution is -2.50. The zero-order valence-corrected chi connectivity index (χ0v) is 10.5. The van der Waals surface area contributed by atoms with Crippen LogP contribution in [0.5, 0.6) is 0 Å². The van der Waals surface area contributed by atoms with Crippen LogP contribution in [-0.4, -0.2) is 54.0 Å². The highest BCUT2D eigenvalue weighted by atomic mass is 16.2. The van der Waals surface area contributed by atoms with Crippen molar-refractivity contribution in [1.82, 2.24) is 9.80 Å². The van der Waals surface area contributed by atoms with E-state index in [2.05, 4.69) is 9.80 Å². The van der Waals surface area contributed by atoms with Crippen LogP contribution in [0.3, 0.4) is 0 Å². The summed E-state index contributed by atoms with van der Waals surface area (Å²) >= 11 is 0. The molecule has 96 valence electrons. The van der Waals surface area contributed by atoms with E-state index in [0.29, 0.717) is 5.91 Å². The van der Waals surface area contributed by atoms with Gasteiger partial charge in [0.15, 0.2) is 0 Å². The van der Waals surface area contributed by atoms with Crippen LogP contribution in [0.25, 0.3) is 0 Å². The fourth-order valence-corrected chi connectivity index (χ4v) is 3.25. The second-order valence-electron chi connectivity index (χ2n) is 5.86. The summed E-state index contributed by atoms with van der Waals surface area (Å²) in [4.78, 5) is 16.9. The Bertz CT molecular complexity index is 295. The molecule has 0 bridgehead atoms. The topological polar surface area (TPSA) is 49.6 Å². The van der Waals surface area contributed by atoms with E-state index >= 15 is 0 Å². The Balaban J connectivity index is 1.50. The van der Waals surface area contributed by atoms with Crippen LogP contribution in [0.4, 0.5) is 0 Å². The van der Waals surface area contributed by atoms with Gasteiger partial charge >= 0.3 is 0 Å². The van der Waals surface area contributed by atoms with Crippen LogP contribution >= 0.6 is 0 Å². The maximum atomic E-state index is 12.3. The normalized spacial score (nSPS) is 35.2. The number of hydrogen-bond donors (Lipinski definition) is 1. The first-order valence-corrected chi connectivity index (χ1v) is 7.02. The van der Waals surface area contributed by atoms with E-state index in [0.717, 1.165) is 51.5 Å². The molecule has 2 saturated carbocycles. The number of hydrogen-bond acceptors (Lipinski definition) is 3. The van der Waals surface area contributed by atoms with Gasteiger partial charge in [0, 0.05) is 44.2 Å². The molecule has 4 heteroatoms. The number of carbonyl (C=O) groups is 1. The smallest absolute Gasteiger partial charge is 0.225 e. The molecule has 3 fully saturated rings. The maximum Gasteiger partial charge on any atom is 0.225 e. The Morgan fingerprint density at radius 3 is 2.24 bits per heavy atom. The molecule has 3 rings (SSSR count). The zero-order chi connectivity index (χ0) is 11.8. The van der Waals surface area contributed by atoms with Gasteiger partial charge in [-0.1, -0.05) is 0 Å². The molecule has 4 nitrogen and oxygen atoms in total.